The molecule has 0 saturated carbocycles. The number of H-pyrrole nitrogens is 1. The van der Waals surface area contributed by atoms with Crippen LogP contribution in [-0.4, -0.2) is 28.6 Å². The fourth-order valence-corrected chi connectivity index (χ4v) is 3.35. The summed E-state index contributed by atoms with van der Waals surface area (Å²) in [5.74, 6) is -0.0482. The molecule has 22 heavy (non-hydrogen) atoms. The number of carbonyl (C=O) groups is 1. The van der Waals surface area contributed by atoms with Gasteiger partial charge in [0.25, 0.3) is 5.91 Å². The van der Waals surface area contributed by atoms with E-state index in [4.69, 9.17) is 5.11 Å². The van der Waals surface area contributed by atoms with Crippen molar-refractivity contribution in [3.63, 3.8) is 0 Å². The summed E-state index contributed by atoms with van der Waals surface area (Å²) in [6.45, 7) is 2.12. The minimum atomic E-state index is -0.0482. The van der Waals surface area contributed by atoms with Crippen molar-refractivity contribution in [2.75, 3.05) is 6.61 Å². The summed E-state index contributed by atoms with van der Waals surface area (Å²) in [7, 11) is 0. The zero-order chi connectivity index (χ0) is 15.5. The summed E-state index contributed by atoms with van der Waals surface area (Å²) < 4.78 is 0. The van der Waals surface area contributed by atoms with Crippen LogP contribution in [0.3, 0.4) is 0 Å². The molecule has 1 atom stereocenters. The van der Waals surface area contributed by atoms with Crippen molar-refractivity contribution in [3.05, 3.63) is 35.0 Å². The molecule has 1 amide bonds. The average molecular weight is 300 g/mol. The SMILES string of the molecule is CCC(CCO)NC(=O)c1ccc2[nH]c3c(c2c1)CCCC3. The Hall–Kier alpha value is -1.81. The molecule has 1 aliphatic carbocycles. The van der Waals surface area contributed by atoms with E-state index in [-0.39, 0.29) is 18.6 Å². The number of nitrogens with one attached hydrogen (secondary N) is 2. The molecular weight excluding hydrogens is 276 g/mol. The standard InChI is InChI=1S/C18H24N2O2/c1-2-13(9-10-21)19-18(22)12-7-8-17-15(11-12)14-5-3-4-6-16(14)20-17/h7-8,11,13,20-21H,2-6,9-10H2,1H3,(H,19,22). The minimum absolute atomic E-state index is 0.0355. The zero-order valence-electron chi connectivity index (χ0n) is 13.1. The molecule has 4 nitrogen and oxygen atoms in total. The number of amides is 1. The fraction of sp³-hybridized carbons (Fsp3) is 0.500. The van der Waals surface area contributed by atoms with Gasteiger partial charge < -0.3 is 15.4 Å². The first-order valence-corrected chi connectivity index (χ1v) is 8.28. The van der Waals surface area contributed by atoms with Gasteiger partial charge in [0.2, 0.25) is 0 Å². The average Bonchev–Trinajstić information content (AvgIpc) is 2.92. The summed E-state index contributed by atoms with van der Waals surface area (Å²) >= 11 is 0. The van der Waals surface area contributed by atoms with Gasteiger partial charge in [-0.2, -0.15) is 0 Å². The lowest BCUT2D eigenvalue weighted by Crippen LogP contribution is -2.35. The molecule has 1 aliphatic rings. The van der Waals surface area contributed by atoms with Crippen molar-refractivity contribution in [3.8, 4) is 0 Å². The van der Waals surface area contributed by atoms with Gasteiger partial charge in [-0.25, -0.2) is 0 Å². The summed E-state index contributed by atoms with van der Waals surface area (Å²) in [5.41, 5.74) is 4.56. The number of aliphatic hydroxyl groups excluding tert-OH is 1. The number of rotatable bonds is 5. The van der Waals surface area contributed by atoms with Crippen LogP contribution in [0.25, 0.3) is 10.9 Å². The van der Waals surface area contributed by atoms with E-state index in [1.165, 1.54) is 29.5 Å². The van der Waals surface area contributed by atoms with Gasteiger partial charge in [0.05, 0.1) is 0 Å². The molecule has 0 saturated heterocycles. The third-order valence-corrected chi connectivity index (χ3v) is 4.67. The Labute approximate surface area is 130 Å². The van der Waals surface area contributed by atoms with Crippen LogP contribution in [0.15, 0.2) is 18.2 Å². The topological polar surface area (TPSA) is 65.1 Å². The molecule has 0 spiro atoms. The van der Waals surface area contributed by atoms with Gasteiger partial charge in [0, 0.05) is 34.8 Å². The van der Waals surface area contributed by atoms with E-state index in [9.17, 15) is 4.79 Å². The maximum Gasteiger partial charge on any atom is 0.251 e. The largest absolute Gasteiger partial charge is 0.396 e. The highest BCUT2D eigenvalue weighted by Crippen LogP contribution is 2.29. The van der Waals surface area contributed by atoms with Crippen LogP contribution in [0.2, 0.25) is 0 Å². The number of benzene rings is 1. The van der Waals surface area contributed by atoms with Crippen LogP contribution in [0.4, 0.5) is 0 Å². The van der Waals surface area contributed by atoms with E-state index in [0.717, 1.165) is 24.8 Å². The number of aromatic nitrogens is 1. The van der Waals surface area contributed by atoms with E-state index >= 15 is 0 Å². The Kier molecular flexibility index (Phi) is 4.48. The Morgan fingerprint density at radius 1 is 1.36 bits per heavy atom. The number of fused-ring (bicyclic) bond motifs is 3. The first kappa shape index (κ1) is 15.1. The van der Waals surface area contributed by atoms with E-state index in [0.29, 0.717) is 12.0 Å². The first-order valence-electron chi connectivity index (χ1n) is 8.28. The van der Waals surface area contributed by atoms with Crippen molar-refractivity contribution in [1.82, 2.24) is 10.3 Å². The number of aromatic amines is 1. The lowest BCUT2D eigenvalue weighted by atomic mass is 9.95. The second kappa shape index (κ2) is 6.53. The van der Waals surface area contributed by atoms with Gasteiger partial charge in [0.1, 0.15) is 0 Å². The zero-order valence-corrected chi connectivity index (χ0v) is 13.1. The highest BCUT2D eigenvalue weighted by atomic mass is 16.3. The highest BCUT2D eigenvalue weighted by Gasteiger charge is 2.17. The molecule has 1 aromatic carbocycles. The van der Waals surface area contributed by atoms with Gasteiger partial charge in [-0.05, 0) is 62.3 Å². The van der Waals surface area contributed by atoms with Crippen LogP contribution in [-0.2, 0) is 12.8 Å². The van der Waals surface area contributed by atoms with Gasteiger partial charge in [-0.15, -0.1) is 0 Å². The van der Waals surface area contributed by atoms with E-state index in [2.05, 4.69) is 10.3 Å². The summed E-state index contributed by atoms with van der Waals surface area (Å²) in [4.78, 5) is 15.9. The lowest BCUT2D eigenvalue weighted by Gasteiger charge is -2.16. The first-order chi connectivity index (χ1) is 10.7. The predicted octanol–water partition coefficient (Wildman–Crippen LogP) is 2.94. The van der Waals surface area contributed by atoms with Crippen molar-refractivity contribution in [2.45, 2.75) is 51.5 Å². The molecule has 118 valence electrons. The number of carbonyl (C=O) groups excluding carboxylic acids is 1. The lowest BCUT2D eigenvalue weighted by molar-refractivity contribution is 0.0929. The van der Waals surface area contributed by atoms with Crippen molar-refractivity contribution in [2.24, 2.45) is 0 Å². The minimum Gasteiger partial charge on any atom is -0.396 e. The van der Waals surface area contributed by atoms with Gasteiger partial charge in [-0.1, -0.05) is 6.92 Å². The quantitative estimate of drug-likeness (QED) is 0.795. The normalized spacial score (nSPS) is 15.5. The molecule has 2 aromatic rings. The fourth-order valence-electron chi connectivity index (χ4n) is 3.35. The summed E-state index contributed by atoms with van der Waals surface area (Å²) in [6.07, 6.45) is 6.11. The maximum atomic E-state index is 12.4. The summed E-state index contributed by atoms with van der Waals surface area (Å²) in [5, 5.41) is 13.2. The van der Waals surface area contributed by atoms with E-state index < -0.39 is 0 Å². The predicted molar refractivity (Wildman–Crippen MR) is 88.2 cm³/mol. The Morgan fingerprint density at radius 3 is 2.95 bits per heavy atom. The van der Waals surface area contributed by atoms with Crippen LogP contribution in [0, 0.1) is 0 Å². The molecule has 1 heterocycles. The van der Waals surface area contributed by atoms with E-state index in [1.54, 1.807) is 0 Å². The molecule has 0 bridgehead atoms. The van der Waals surface area contributed by atoms with Crippen LogP contribution in [0.5, 0.6) is 0 Å². The molecule has 0 radical (unpaired) electrons. The maximum absolute atomic E-state index is 12.4. The molecule has 0 fully saturated rings. The smallest absolute Gasteiger partial charge is 0.251 e. The van der Waals surface area contributed by atoms with Crippen molar-refractivity contribution < 1.29 is 9.90 Å². The molecule has 0 aliphatic heterocycles. The second-order valence-corrected chi connectivity index (χ2v) is 6.14. The molecule has 3 rings (SSSR count). The molecule has 1 unspecified atom stereocenters. The number of aryl methyl sites for hydroxylation is 2. The Bertz CT molecular complexity index is 675. The number of hydrogen-bond donors (Lipinski definition) is 3. The Balaban J connectivity index is 1.86. The number of aliphatic hydroxyl groups is 1. The van der Waals surface area contributed by atoms with Gasteiger partial charge in [0.15, 0.2) is 0 Å². The van der Waals surface area contributed by atoms with Crippen LogP contribution < -0.4 is 5.32 Å². The van der Waals surface area contributed by atoms with Gasteiger partial charge >= 0.3 is 0 Å². The number of hydrogen-bond acceptors (Lipinski definition) is 2. The molecule has 4 heteroatoms. The van der Waals surface area contributed by atoms with Crippen molar-refractivity contribution in [1.29, 1.82) is 0 Å². The monoisotopic (exact) mass is 300 g/mol. The van der Waals surface area contributed by atoms with E-state index in [1.807, 2.05) is 25.1 Å². The molecular formula is C18H24N2O2. The van der Waals surface area contributed by atoms with Crippen LogP contribution in [0.1, 0.15) is 54.2 Å². The third-order valence-electron chi connectivity index (χ3n) is 4.67. The third kappa shape index (κ3) is 2.88. The molecule has 1 aromatic heterocycles. The Morgan fingerprint density at radius 2 is 2.18 bits per heavy atom. The molecule has 3 N–H and O–H groups in total. The second-order valence-electron chi connectivity index (χ2n) is 6.14. The summed E-state index contributed by atoms with van der Waals surface area (Å²) in [6, 6.07) is 5.94. The van der Waals surface area contributed by atoms with Gasteiger partial charge in [-0.3, -0.25) is 4.79 Å². The highest BCUT2D eigenvalue weighted by molar-refractivity contribution is 5.99. The van der Waals surface area contributed by atoms with Crippen LogP contribution >= 0.6 is 0 Å². The van der Waals surface area contributed by atoms with Crippen molar-refractivity contribution >= 4 is 16.8 Å².